The Balaban J connectivity index is 1.61. The van der Waals surface area contributed by atoms with E-state index < -0.39 is 18.1 Å². The fourth-order valence-corrected chi connectivity index (χ4v) is 6.51. The number of nitrogens with zero attached hydrogens (tertiary/aromatic N) is 3. The number of rotatable bonds is 9. The first kappa shape index (κ1) is 30.6. The summed E-state index contributed by atoms with van der Waals surface area (Å²) in [5.41, 5.74) is 6.13. The highest BCUT2D eigenvalue weighted by Crippen LogP contribution is 2.39. The molecular weight excluding hydrogens is 549 g/mol. The standard InChI is InChI=1S/C35H41F3N4O/c1-6-11-34(36)12-8-26(9-13-34)19-42-22-30(29-15-24(3)10-14-41(21-29)23-35(37,38)7-2)32-31(42)17-28(20-40(32)5)27-16-25(4)33(43)39-18-27/h6-7,15-18,20-22,26H,1-2,8-14,19,23H2,3-5H3/p+1. The van der Waals surface area contributed by atoms with Crippen molar-refractivity contribution < 1.29 is 17.7 Å². The number of H-pyrrole nitrogens is 1. The average Bonchev–Trinajstić information content (AvgIpc) is 3.22. The smallest absolute Gasteiger partial charge is 0.283 e. The minimum Gasteiger partial charge on any atom is -0.370 e. The second-order valence-electron chi connectivity index (χ2n) is 12.5. The third-order valence-electron chi connectivity index (χ3n) is 9.00. The van der Waals surface area contributed by atoms with Crippen LogP contribution in [0.4, 0.5) is 13.2 Å². The molecule has 43 heavy (non-hydrogen) atoms. The van der Waals surface area contributed by atoms with Crippen LogP contribution >= 0.6 is 0 Å². The lowest BCUT2D eigenvalue weighted by atomic mass is 9.78. The lowest BCUT2D eigenvalue weighted by molar-refractivity contribution is -0.644. The molecule has 0 amide bonds. The minimum atomic E-state index is -3.00. The van der Waals surface area contributed by atoms with Gasteiger partial charge in [-0.25, -0.2) is 13.2 Å². The predicted molar refractivity (Wildman–Crippen MR) is 168 cm³/mol. The molecule has 5 rings (SSSR count). The Morgan fingerprint density at radius 2 is 1.93 bits per heavy atom. The van der Waals surface area contributed by atoms with Crippen molar-refractivity contribution in [1.82, 2.24) is 14.5 Å². The van der Waals surface area contributed by atoms with Gasteiger partial charge in [0, 0.05) is 53.9 Å². The van der Waals surface area contributed by atoms with Gasteiger partial charge < -0.3 is 14.5 Å². The topological polar surface area (TPSA) is 44.9 Å². The molecule has 0 spiro atoms. The maximum Gasteiger partial charge on any atom is 0.283 e. The molecule has 8 heteroatoms. The van der Waals surface area contributed by atoms with Crippen molar-refractivity contribution in [2.75, 3.05) is 13.1 Å². The van der Waals surface area contributed by atoms with E-state index in [1.54, 1.807) is 24.1 Å². The molecule has 2 aliphatic rings. The Hall–Kier alpha value is -3.81. The molecule has 1 N–H and O–H groups in total. The quantitative estimate of drug-likeness (QED) is 0.208. The first-order valence-electron chi connectivity index (χ1n) is 15.1. The van der Waals surface area contributed by atoms with Gasteiger partial charge in [-0.1, -0.05) is 24.3 Å². The Bertz CT molecular complexity index is 1650. The summed E-state index contributed by atoms with van der Waals surface area (Å²) in [7, 11) is 1.99. The molecule has 1 aliphatic heterocycles. The van der Waals surface area contributed by atoms with Gasteiger partial charge in [0.2, 0.25) is 5.52 Å². The molecule has 228 valence electrons. The molecule has 0 saturated heterocycles. The molecule has 3 aromatic rings. The van der Waals surface area contributed by atoms with Crippen LogP contribution in [0, 0.1) is 12.8 Å². The van der Waals surface area contributed by atoms with Gasteiger partial charge in [-0.05, 0) is 76.5 Å². The molecule has 1 aliphatic carbocycles. The summed E-state index contributed by atoms with van der Waals surface area (Å²) in [4.78, 5) is 16.6. The van der Waals surface area contributed by atoms with E-state index in [1.807, 2.05) is 32.4 Å². The van der Waals surface area contributed by atoms with Crippen LogP contribution in [0.15, 0.2) is 78.7 Å². The summed E-state index contributed by atoms with van der Waals surface area (Å²) < 4.78 is 48.3. The molecule has 0 radical (unpaired) electrons. The highest BCUT2D eigenvalue weighted by molar-refractivity contribution is 5.92. The molecule has 0 aromatic carbocycles. The van der Waals surface area contributed by atoms with Crippen LogP contribution in [-0.4, -0.2) is 39.1 Å². The summed E-state index contributed by atoms with van der Waals surface area (Å²) >= 11 is 0. The SMILES string of the molecule is C=CCC1(F)CCC(Cn2cc(C3=CN(CC(F)(F)C=C)CCC(C)=C3)c3c2cc(-c2c[nH]c(=O)c(C)c2)c[n+]3C)CC1. The number of fused-ring (bicyclic) bond motifs is 1. The highest BCUT2D eigenvalue weighted by atomic mass is 19.3. The molecule has 3 aromatic heterocycles. The third-order valence-corrected chi connectivity index (χ3v) is 9.00. The van der Waals surface area contributed by atoms with E-state index in [4.69, 9.17) is 0 Å². The van der Waals surface area contributed by atoms with Crippen LogP contribution in [0.1, 0.15) is 56.6 Å². The summed E-state index contributed by atoms with van der Waals surface area (Å²) in [5, 5.41) is 0. The maximum atomic E-state index is 15.2. The normalized spacial score (nSPS) is 21.3. The number of aromatic amines is 1. The van der Waals surface area contributed by atoms with Crippen molar-refractivity contribution in [2.45, 2.75) is 70.5 Å². The Morgan fingerprint density at radius 3 is 2.60 bits per heavy atom. The monoisotopic (exact) mass is 591 g/mol. The maximum absolute atomic E-state index is 15.2. The van der Waals surface area contributed by atoms with E-state index in [1.165, 1.54) is 0 Å². The van der Waals surface area contributed by atoms with Gasteiger partial charge in [-0.3, -0.25) is 4.79 Å². The van der Waals surface area contributed by atoms with Crippen LogP contribution in [0.2, 0.25) is 0 Å². The van der Waals surface area contributed by atoms with Crippen LogP contribution < -0.4 is 10.1 Å². The summed E-state index contributed by atoms with van der Waals surface area (Å²) in [6.45, 7) is 11.7. The lowest BCUT2D eigenvalue weighted by Crippen LogP contribution is -2.32. The fraction of sp³-hybridized carbons (Fsp3) is 0.429. The van der Waals surface area contributed by atoms with Crippen molar-refractivity contribution in [3.05, 3.63) is 95.4 Å². The highest BCUT2D eigenvalue weighted by Gasteiger charge is 2.35. The van der Waals surface area contributed by atoms with E-state index >= 15 is 4.39 Å². The van der Waals surface area contributed by atoms with Crippen LogP contribution in [0.5, 0.6) is 0 Å². The largest absolute Gasteiger partial charge is 0.370 e. The number of hydrogen-bond donors (Lipinski definition) is 1. The van der Waals surface area contributed by atoms with Crippen molar-refractivity contribution in [3.8, 4) is 11.1 Å². The third kappa shape index (κ3) is 6.73. The number of hydrogen-bond acceptors (Lipinski definition) is 2. The van der Waals surface area contributed by atoms with Crippen LogP contribution in [0.25, 0.3) is 27.7 Å². The lowest BCUT2D eigenvalue weighted by Gasteiger charge is -2.33. The molecule has 0 unspecified atom stereocenters. The first-order chi connectivity index (χ1) is 20.4. The fourth-order valence-electron chi connectivity index (χ4n) is 6.51. The van der Waals surface area contributed by atoms with Gasteiger partial charge in [0.15, 0.2) is 6.20 Å². The van der Waals surface area contributed by atoms with Crippen molar-refractivity contribution in [1.29, 1.82) is 0 Å². The molecule has 0 atom stereocenters. The number of aromatic nitrogens is 3. The van der Waals surface area contributed by atoms with E-state index in [-0.39, 0.29) is 5.56 Å². The number of allylic oxidation sites excluding steroid dienone is 3. The van der Waals surface area contributed by atoms with E-state index in [2.05, 4.69) is 45.6 Å². The van der Waals surface area contributed by atoms with Gasteiger partial charge in [-0.2, -0.15) is 4.57 Å². The molecule has 4 heterocycles. The van der Waals surface area contributed by atoms with Gasteiger partial charge in [0.05, 0.1) is 12.1 Å². The zero-order valence-corrected chi connectivity index (χ0v) is 25.4. The minimum absolute atomic E-state index is 0.119. The number of alkyl halides is 3. The Morgan fingerprint density at radius 1 is 1.19 bits per heavy atom. The van der Waals surface area contributed by atoms with Crippen molar-refractivity contribution in [2.24, 2.45) is 13.0 Å². The molecular formula is C35H42F3N4O+. The number of nitrogens with one attached hydrogen (secondary N) is 1. The summed E-state index contributed by atoms with van der Waals surface area (Å²) in [6, 6.07) is 4.01. The molecule has 5 nitrogen and oxygen atoms in total. The number of halogens is 3. The predicted octanol–water partition coefficient (Wildman–Crippen LogP) is 7.42. The van der Waals surface area contributed by atoms with Crippen molar-refractivity contribution >= 4 is 16.6 Å². The first-order valence-corrected chi connectivity index (χ1v) is 15.1. The summed E-state index contributed by atoms with van der Waals surface area (Å²) in [5.74, 6) is -2.69. The zero-order valence-electron chi connectivity index (χ0n) is 25.4. The molecule has 1 saturated carbocycles. The van der Waals surface area contributed by atoms with Gasteiger partial charge in [0.25, 0.3) is 11.5 Å². The van der Waals surface area contributed by atoms with E-state index in [0.717, 1.165) is 58.3 Å². The molecule has 0 bridgehead atoms. The van der Waals surface area contributed by atoms with Gasteiger partial charge in [0.1, 0.15) is 18.2 Å². The summed E-state index contributed by atoms with van der Waals surface area (Å²) in [6.07, 6.45) is 15.9. The van der Waals surface area contributed by atoms with Crippen molar-refractivity contribution in [3.63, 3.8) is 0 Å². The van der Waals surface area contributed by atoms with Crippen LogP contribution in [0.3, 0.4) is 0 Å². The average molecular weight is 592 g/mol. The second-order valence-corrected chi connectivity index (χ2v) is 12.5. The Kier molecular flexibility index (Phi) is 8.59. The van der Waals surface area contributed by atoms with Gasteiger partial charge >= 0.3 is 0 Å². The molecule has 1 fully saturated rings. The number of pyridine rings is 2. The van der Waals surface area contributed by atoms with E-state index in [9.17, 15) is 13.6 Å². The second kappa shape index (κ2) is 12.1. The Labute approximate surface area is 251 Å². The van der Waals surface area contributed by atoms with Crippen LogP contribution in [-0.2, 0) is 13.6 Å². The number of aryl methyl sites for hydroxylation is 2. The zero-order chi connectivity index (χ0) is 30.9. The van der Waals surface area contributed by atoms with E-state index in [0.29, 0.717) is 49.8 Å². The van der Waals surface area contributed by atoms with Gasteiger partial charge in [-0.15, -0.1) is 6.58 Å².